The van der Waals surface area contributed by atoms with Gasteiger partial charge >= 0.3 is 6.03 Å². The molecule has 2 rings (SSSR count). The Balaban J connectivity index is 1.95. The van der Waals surface area contributed by atoms with Crippen LogP contribution < -0.4 is 16.4 Å². The Morgan fingerprint density at radius 3 is 2.63 bits per heavy atom. The van der Waals surface area contributed by atoms with Gasteiger partial charge in [-0.2, -0.15) is 0 Å². The van der Waals surface area contributed by atoms with Crippen molar-refractivity contribution >= 4 is 17.8 Å². The maximum absolute atomic E-state index is 12.9. The van der Waals surface area contributed by atoms with Gasteiger partial charge in [0.2, 0.25) is 11.8 Å². The minimum absolute atomic E-state index is 0.00993. The van der Waals surface area contributed by atoms with Crippen LogP contribution in [0.5, 0.6) is 0 Å². The monoisotopic (exact) mass is 377 g/mol. The van der Waals surface area contributed by atoms with Gasteiger partial charge in [-0.15, -0.1) is 0 Å². The van der Waals surface area contributed by atoms with Crippen LogP contribution in [0.25, 0.3) is 0 Å². The third kappa shape index (κ3) is 6.21. The maximum atomic E-state index is 12.9. The number of nitrogens with one attached hydrogen (secondary N) is 2. The molecule has 9 nitrogen and oxygen atoms in total. The van der Waals surface area contributed by atoms with Crippen molar-refractivity contribution in [3.63, 3.8) is 0 Å². The molecule has 0 aliphatic heterocycles. The summed E-state index contributed by atoms with van der Waals surface area (Å²) in [5.74, 6) is -0.713. The van der Waals surface area contributed by atoms with E-state index in [4.69, 9.17) is 5.73 Å². The third-order valence-corrected chi connectivity index (χ3v) is 4.75. The van der Waals surface area contributed by atoms with Crippen LogP contribution in [0.3, 0.4) is 0 Å². The van der Waals surface area contributed by atoms with Crippen molar-refractivity contribution in [2.24, 2.45) is 11.7 Å². The average molecular weight is 377 g/mol. The zero-order valence-electron chi connectivity index (χ0n) is 15.4. The van der Waals surface area contributed by atoms with Crippen LogP contribution in [0.2, 0.25) is 0 Å². The summed E-state index contributed by atoms with van der Waals surface area (Å²) in [5, 5.41) is 15.0. The summed E-state index contributed by atoms with van der Waals surface area (Å²) >= 11 is 0. The molecule has 27 heavy (non-hydrogen) atoms. The highest BCUT2D eigenvalue weighted by Gasteiger charge is 2.35. The number of rotatable bonds is 7. The number of hydrogen-bond donors (Lipinski definition) is 4. The first kappa shape index (κ1) is 20.6. The molecule has 0 aromatic carbocycles. The fourth-order valence-corrected chi connectivity index (χ4v) is 3.27. The molecule has 5 N–H and O–H groups in total. The van der Waals surface area contributed by atoms with E-state index in [-0.39, 0.29) is 18.4 Å². The number of primary amides is 1. The summed E-state index contributed by atoms with van der Waals surface area (Å²) in [6.45, 7) is 2.72. The Bertz CT molecular complexity index is 654. The van der Waals surface area contributed by atoms with Crippen LogP contribution in [-0.4, -0.2) is 58.1 Å². The highest BCUT2D eigenvalue weighted by molar-refractivity contribution is 5.83. The largest absolute Gasteiger partial charge is 0.391 e. The van der Waals surface area contributed by atoms with E-state index in [1.807, 2.05) is 19.1 Å². The molecule has 0 radical (unpaired) electrons. The molecule has 3 atom stereocenters. The number of nitrogens with two attached hydrogens (primary N) is 1. The number of aliphatic hydroxyl groups excluding tert-OH is 1. The molecule has 0 unspecified atom stereocenters. The van der Waals surface area contributed by atoms with Crippen molar-refractivity contribution in [1.82, 2.24) is 20.5 Å². The smallest absolute Gasteiger partial charge is 0.312 e. The zero-order chi connectivity index (χ0) is 19.8. The lowest BCUT2D eigenvalue weighted by Gasteiger charge is -2.35. The second-order valence-electron chi connectivity index (χ2n) is 6.68. The minimum atomic E-state index is -0.794. The lowest BCUT2D eigenvalue weighted by molar-refractivity contribution is -0.139. The van der Waals surface area contributed by atoms with Gasteiger partial charge in [0.1, 0.15) is 0 Å². The average Bonchev–Trinajstić information content (AvgIpc) is 2.66. The van der Waals surface area contributed by atoms with Crippen molar-refractivity contribution in [3.05, 3.63) is 30.1 Å². The van der Waals surface area contributed by atoms with Gasteiger partial charge in [-0.1, -0.05) is 0 Å². The Morgan fingerprint density at radius 2 is 2.00 bits per heavy atom. The standard InChI is InChI=1S/C18H27N5O4/c1-2-23(11-12-5-7-20-8-6-12)17(26)13-3-4-15(24)14(9-13)22-16(25)10-21-18(19)27/h5-8,13-15,24H,2-4,9-11H2,1H3,(H,22,25)(H3,19,21,27)/t13-,14+,15+/m0/s1. The number of pyridine rings is 1. The molecule has 9 heteroatoms. The number of hydrogen-bond acceptors (Lipinski definition) is 5. The summed E-state index contributed by atoms with van der Waals surface area (Å²) in [4.78, 5) is 41.2. The van der Waals surface area contributed by atoms with Gasteiger partial charge in [0, 0.05) is 31.4 Å². The van der Waals surface area contributed by atoms with Crippen molar-refractivity contribution in [1.29, 1.82) is 0 Å². The molecule has 0 saturated heterocycles. The number of nitrogens with zero attached hydrogens (tertiary/aromatic N) is 2. The Labute approximate surface area is 158 Å². The summed E-state index contributed by atoms with van der Waals surface area (Å²) in [7, 11) is 0. The summed E-state index contributed by atoms with van der Waals surface area (Å²) < 4.78 is 0. The first-order valence-corrected chi connectivity index (χ1v) is 9.09. The highest BCUT2D eigenvalue weighted by atomic mass is 16.3. The van der Waals surface area contributed by atoms with E-state index in [1.165, 1.54) is 0 Å². The normalized spacial score (nSPS) is 21.9. The molecule has 0 bridgehead atoms. The van der Waals surface area contributed by atoms with Crippen LogP contribution in [0, 0.1) is 5.92 Å². The van der Waals surface area contributed by atoms with Gasteiger partial charge in [0.25, 0.3) is 0 Å². The number of aromatic nitrogens is 1. The Morgan fingerprint density at radius 1 is 1.30 bits per heavy atom. The van der Waals surface area contributed by atoms with Crippen molar-refractivity contribution < 1.29 is 19.5 Å². The molecule has 148 valence electrons. The first-order valence-electron chi connectivity index (χ1n) is 9.09. The molecule has 1 aliphatic carbocycles. The summed E-state index contributed by atoms with van der Waals surface area (Å²) in [5.41, 5.74) is 5.94. The first-order chi connectivity index (χ1) is 12.9. The van der Waals surface area contributed by atoms with E-state index < -0.39 is 24.1 Å². The highest BCUT2D eigenvalue weighted by Crippen LogP contribution is 2.27. The molecule has 1 aromatic rings. The van der Waals surface area contributed by atoms with Gasteiger partial charge in [-0.25, -0.2) is 4.79 Å². The predicted octanol–water partition coefficient (Wildman–Crippen LogP) is -0.256. The molecular formula is C18H27N5O4. The maximum Gasteiger partial charge on any atom is 0.312 e. The summed E-state index contributed by atoms with van der Waals surface area (Å²) in [6, 6.07) is 2.41. The zero-order valence-corrected chi connectivity index (χ0v) is 15.4. The number of amides is 4. The Hall–Kier alpha value is -2.68. The van der Waals surface area contributed by atoms with E-state index in [1.54, 1.807) is 17.3 Å². The van der Waals surface area contributed by atoms with Crippen LogP contribution in [0.1, 0.15) is 31.7 Å². The molecule has 1 aromatic heterocycles. The van der Waals surface area contributed by atoms with Crippen molar-refractivity contribution in [3.8, 4) is 0 Å². The molecule has 1 saturated carbocycles. The van der Waals surface area contributed by atoms with E-state index in [0.717, 1.165) is 5.56 Å². The van der Waals surface area contributed by atoms with Gasteiger partial charge in [0.05, 0.1) is 18.7 Å². The fourth-order valence-electron chi connectivity index (χ4n) is 3.27. The van der Waals surface area contributed by atoms with E-state index in [9.17, 15) is 19.5 Å². The van der Waals surface area contributed by atoms with Gasteiger partial charge < -0.3 is 26.4 Å². The van der Waals surface area contributed by atoms with Crippen molar-refractivity contribution in [2.75, 3.05) is 13.1 Å². The van der Waals surface area contributed by atoms with Gasteiger partial charge in [-0.05, 0) is 43.9 Å². The lowest BCUT2D eigenvalue weighted by atomic mass is 9.82. The minimum Gasteiger partial charge on any atom is -0.391 e. The van der Waals surface area contributed by atoms with Crippen LogP contribution in [-0.2, 0) is 16.1 Å². The molecule has 0 spiro atoms. The van der Waals surface area contributed by atoms with E-state index >= 15 is 0 Å². The second kappa shape index (κ2) is 9.86. The topological polar surface area (TPSA) is 138 Å². The predicted molar refractivity (Wildman–Crippen MR) is 98.2 cm³/mol. The third-order valence-electron chi connectivity index (χ3n) is 4.75. The molecular weight excluding hydrogens is 350 g/mol. The van der Waals surface area contributed by atoms with Gasteiger partial charge in [-0.3, -0.25) is 14.6 Å². The fraction of sp³-hybridized carbons (Fsp3) is 0.556. The number of carbonyl (C=O) groups excluding carboxylic acids is 3. The number of urea groups is 1. The summed E-state index contributed by atoms with van der Waals surface area (Å²) in [6.07, 6.45) is 4.01. The lowest BCUT2D eigenvalue weighted by Crippen LogP contribution is -2.52. The van der Waals surface area contributed by atoms with E-state index in [2.05, 4.69) is 15.6 Å². The van der Waals surface area contributed by atoms with Crippen LogP contribution in [0.4, 0.5) is 4.79 Å². The van der Waals surface area contributed by atoms with Crippen LogP contribution >= 0.6 is 0 Å². The van der Waals surface area contributed by atoms with Gasteiger partial charge in [0.15, 0.2) is 0 Å². The molecule has 1 aliphatic rings. The SMILES string of the molecule is CCN(Cc1ccncc1)C(=O)[C@H]1CC[C@@H](O)[C@H](NC(=O)CNC(N)=O)C1. The van der Waals surface area contributed by atoms with Crippen LogP contribution in [0.15, 0.2) is 24.5 Å². The van der Waals surface area contributed by atoms with Crippen molar-refractivity contribution in [2.45, 2.75) is 44.9 Å². The number of aliphatic hydroxyl groups is 1. The second-order valence-corrected chi connectivity index (χ2v) is 6.68. The molecule has 4 amide bonds. The quantitative estimate of drug-likeness (QED) is 0.519. The van der Waals surface area contributed by atoms with E-state index in [0.29, 0.717) is 32.4 Å². The molecule has 1 fully saturated rings. The molecule has 1 heterocycles. The number of carbonyl (C=O) groups is 3. The Kier molecular flexibility index (Phi) is 7.54.